The van der Waals surface area contributed by atoms with Gasteiger partial charge in [-0.2, -0.15) is 4.31 Å². The number of benzene rings is 1. The minimum atomic E-state index is -3.82. The van der Waals surface area contributed by atoms with Crippen LogP contribution < -0.4 is 11.1 Å². The van der Waals surface area contributed by atoms with Crippen LogP contribution in [0, 0.1) is 0 Å². The second kappa shape index (κ2) is 7.11. The standard InChI is InChI=1S/C16H22N4O4S/c17-10-13-4-2-7-20(13)16(22)12-3-1-5-14(9-12)25(23,24)19-8-6-18-15(21)11-19/h1,3,5,9,13H,2,4,6-8,10-11,17H2,(H,18,21). The van der Waals surface area contributed by atoms with E-state index in [1.54, 1.807) is 17.0 Å². The lowest BCUT2D eigenvalue weighted by molar-refractivity contribution is -0.122. The summed E-state index contributed by atoms with van der Waals surface area (Å²) in [6, 6.07) is 5.99. The van der Waals surface area contributed by atoms with Gasteiger partial charge in [0.1, 0.15) is 0 Å². The van der Waals surface area contributed by atoms with Gasteiger partial charge in [-0.15, -0.1) is 0 Å². The maximum Gasteiger partial charge on any atom is 0.254 e. The highest BCUT2D eigenvalue weighted by molar-refractivity contribution is 7.89. The molecule has 3 N–H and O–H groups in total. The first-order valence-corrected chi connectivity index (χ1v) is 9.75. The molecule has 0 radical (unpaired) electrons. The van der Waals surface area contributed by atoms with E-state index < -0.39 is 10.0 Å². The molecule has 0 saturated carbocycles. The molecule has 1 atom stereocenters. The zero-order chi connectivity index (χ0) is 18.0. The fraction of sp³-hybridized carbons (Fsp3) is 0.500. The fourth-order valence-electron chi connectivity index (χ4n) is 3.27. The number of hydrogen-bond acceptors (Lipinski definition) is 5. The monoisotopic (exact) mass is 366 g/mol. The van der Waals surface area contributed by atoms with E-state index in [0.717, 1.165) is 17.1 Å². The van der Waals surface area contributed by atoms with Gasteiger partial charge in [0.15, 0.2) is 0 Å². The quantitative estimate of drug-likeness (QED) is 0.737. The molecule has 0 aliphatic carbocycles. The Morgan fingerprint density at radius 2 is 2.12 bits per heavy atom. The van der Waals surface area contributed by atoms with Gasteiger partial charge in [0.05, 0.1) is 11.4 Å². The molecule has 2 amide bonds. The fourth-order valence-corrected chi connectivity index (χ4v) is 4.72. The zero-order valence-corrected chi connectivity index (χ0v) is 14.7. The third-order valence-electron chi connectivity index (χ3n) is 4.63. The van der Waals surface area contributed by atoms with E-state index in [0.29, 0.717) is 18.7 Å². The number of nitrogens with zero attached hydrogens (tertiary/aromatic N) is 2. The Hall–Kier alpha value is -1.97. The Balaban J connectivity index is 1.86. The largest absolute Gasteiger partial charge is 0.354 e. The molecule has 8 nitrogen and oxygen atoms in total. The van der Waals surface area contributed by atoms with E-state index in [1.807, 2.05) is 0 Å². The first kappa shape index (κ1) is 17.8. The van der Waals surface area contributed by atoms with Crippen LogP contribution in [-0.4, -0.2) is 68.2 Å². The number of hydrogen-bond donors (Lipinski definition) is 2. The number of nitrogens with one attached hydrogen (secondary N) is 1. The topological polar surface area (TPSA) is 113 Å². The van der Waals surface area contributed by atoms with Gasteiger partial charge in [0, 0.05) is 37.8 Å². The Morgan fingerprint density at radius 1 is 1.32 bits per heavy atom. The highest BCUT2D eigenvalue weighted by atomic mass is 32.2. The predicted octanol–water partition coefficient (Wildman–Crippen LogP) is -0.630. The molecule has 1 unspecified atom stereocenters. The normalized spacial score (nSPS) is 22.0. The molecule has 2 fully saturated rings. The molecule has 0 bridgehead atoms. The van der Waals surface area contributed by atoms with Crippen LogP contribution in [0.4, 0.5) is 0 Å². The molecule has 0 aromatic heterocycles. The average Bonchev–Trinajstić information content (AvgIpc) is 3.10. The number of amides is 2. The van der Waals surface area contributed by atoms with E-state index in [4.69, 9.17) is 5.73 Å². The number of likely N-dealkylation sites (tertiary alicyclic amines) is 1. The lowest BCUT2D eigenvalue weighted by Crippen LogP contribution is -2.49. The van der Waals surface area contributed by atoms with Crippen molar-refractivity contribution in [3.8, 4) is 0 Å². The smallest absolute Gasteiger partial charge is 0.254 e. The van der Waals surface area contributed by atoms with Crippen LogP contribution in [-0.2, 0) is 14.8 Å². The van der Waals surface area contributed by atoms with Gasteiger partial charge in [0.25, 0.3) is 5.91 Å². The second-order valence-corrected chi connectivity index (χ2v) is 8.18. The minimum absolute atomic E-state index is 0.00134. The van der Waals surface area contributed by atoms with Crippen molar-refractivity contribution >= 4 is 21.8 Å². The number of piperazine rings is 1. The first-order chi connectivity index (χ1) is 11.9. The van der Waals surface area contributed by atoms with Crippen molar-refractivity contribution in [2.75, 3.05) is 32.7 Å². The van der Waals surface area contributed by atoms with Crippen LogP contribution in [0.2, 0.25) is 0 Å². The molecule has 2 saturated heterocycles. The third-order valence-corrected chi connectivity index (χ3v) is 6.47. The summed E-state index contributed by atoms with van der Waals surface area (Å²) >= 11 is 0. The van der Waals surface area contributed by atoms with Crippen LogP contribution in [0.1, 0.15) is 23.2 Å². The number of sulfonamides is 1. The van der Waals surface area contributed by atoms with Gasteiger partial charge in [-0.25, -0.2) is 8.42 Å². The summed E-state index contributed by atoms with van der Waals surface area (Å²) in [5, 5.41) is 2.60. The van der Waals surface area contributed by atoms with Gasteiger partial charge in [-0.1, -0.05) is 6.07 Å². The Bertz CT molecular complexity index is 780. The molecule has 2 aliphatic heterocycles. The summed E-state index contributed by atoms with van der Waals surface area (Å²) in [5.41, 5.74) is 6.04. The molecule has 1 aromatic carbocycles. The summed E-state index contributed by atoms with van der Waals surface area (Å²) in [5.74, 6) is -0.536. The van der Waals surface area contributed by atoms with Gasteiger partial charge in [0.2, 0.25) is 15.9 Å². The number of nitrogens with two attached hydrogens (primary N) is 1. The molecule has 1 aromatic rings. The van der Waals surface area contributed by atoms with Crippen LogP contribution in [0.5, 0.6) is 0 Å². The number of carbonyl (C=O) groups is 2. The van der Waals surface area contributed by atoms with E-state index in [2.05, 4.69) is 5.32 Å². The van der Waals surface area contributed by atoms with Crippen LogP contribution in [0.3, 0.4) is 0 Å². The molecule has 25 heavy (non-hydrogen) atoms. The van der Waals surface area contributed by atoms with Crippen LogP contribution >= 0.6 is 0 Å². The van der Waals surface area contributed by atoms with Crippen molar-refractivity contribution in [2.45, 2.75) is 23.8 Å². The Morgan fingerprint density at radius 3 is 2.84 bits per heavy atom. The lowest BCUT2D eigenvalue weighted by Gasteiger charge is -2.26. The van der Waals surface area contributed by atoms with Crippen molar-refractivity contribution < 1.29 is 18.0 Å². The van der Waals surface area contributed by atoms with E-state index in [-0.39, 0.29) is 42.4 Å². The Kier molecular flexibility index (Phi) is 5.07. The lowest BCUT2D eigenvalue weighted by atomic mass is 10.1. The SMILES string of the molecule is NCC1CCCN1C(=O)c1cccc(S(=O)(=O)N2CCNC(=O)C2)c1. The van der Waals surface area contributed by atoms with Gasteiger partial charge in [-0.3, -0.25) is 9.59 Å². The summed E-state index contributed by atoms with van der Waals surface area (Å²) in [7, 11) is -3.82. The van der Waals surface area contributed by atoms with E-state index in [9.17, 15) is 18.0 Å². The maximum atomic E-state index is 12.8. The number of rotatable bonds is 4. The Labute approximate surface area is 147 Å². The van der Waals surface area contributed by atoms with Gasteiger partial charge in [-0.05, 0) is 31.0 Å². The molecule has 3 rings (SSSR count). The van der Waals surface area contributed by atoms with E-state index >= 15 is 0 Å². The van der Waals surface area contributed by atoms with Crippen molar-refractivity contribution in [3.05, 3.63) is 29.8 Å². The molecular weight excluding hydrogens is 344 g/mol. The highest BCUT2D eigenvalue weighted by Gasteiger charge is 2.31. The van der Waals surface area contributed by atoms with Crippen molar-refractivity contribution in [1.82, 2.24) is 14.5 Å². The summed E-state index contributed by atoms with van der Waals surface area (Å²) in [6.07, 6.45) is 1.76. The van der Waals surface area contributed by atoms with Gasteiger partial charge >= 0.3 is 0 Å². The second-order valence-electron chi connectivity index (χ2n) is 6.25. The molecule has 0 spiro atoms. The van der Waals surface area contributed by atoms with E-state index in [1.165, 1.54) is 12.1 Å². The summed E-state index contributed by atoms with van der Waals surface area (Å²) in [4.78, 5) is 25.9. The molecule has 136 valence electrons. The molecule has 2 aliphatic rings. The minimum Gasteiger partial charge on any atom is -0.354 e. The molecule has 9 heteroatoms. The maximum absolute atomic E-state index is 12.8. The van der Waals surface area contributed by atoms with Crippen molar-refractivity contribution in [2.24, 2.45) is 5.73 Å². The number of carbonyl (C=O) groups excluding carboxylic acids is 2. The average molecular weight is 366 g/mol. The van der Waals surface area contributed by atoms with Crippen molar-refractivity contribution in [3.63, 3.8) is 0 Å². The van der Waals surface area contributed by atoms with Crippen LogP contribution in [0.15, 0.2) is 29.2 Å². The van der Waals surface area contributed by atoms with Crippen LogP contribution in [0.25, 0.3) is 0 Å². The summed E-state index contributed by atoms with van der Waals surface area (Å²) < 4.78 is 26.6. The first-order valence-electron chi connectivity index (χ1n) is 8.31. The molecule has 2 heterocycles. The third kappa shape index (κ3) is 3.53. The highest BCUT2D eigenvalue weighted by Crippen LogP contribution is 2.22. The predicted molar refractivity (Wildman–Crippen MR) is 91.3 cm³/mol. The van der Waals surface area contributed by atoms with Gasteiger partial charge < -0.3 is 16.0 Å². The zero-order valence-electron chi connectivity index (χ0n) is 13.8. The summed E-state index contributed by atoms with van der Waals surface area (Å²) in [6.45, 7) is 1.31. The molecular formula is C16H22N4O4S. The van der Waals surface area contributed by atoms with Crippen molar-refractivity contribution in [1.29, 1.82) is 0 Å².